The minimum absolute atomic E-state index is 0.0767. The first kappa shape index (κ1) is 20.6. The Balaban J connectivity index is 1.43. The molecule has 2 heterocycles. The normalized spacial score (nSPS) is 14.6. The fourth-order valence-corrected chi connectivity index (χ4v) is 4.89. The average Bonchev–Trinajstić information content (AvgIpc) is 3.21. The first-order valence-electron chi connectivity index (χ1n) is 10.1. The topological polar surface area (TPSA) is 54.9 Å². The Bertz CT molecular complexity index is 1030. The maximum absolute atomic E-state index is 13.0. The smallest absolute Gasteiger partial charge is 0.237 e. The largest absolute Gasteiger partial charge is 0.493 e. The molecule has 2 aromatic carbocycles. The summed E-state index contributed by atoms with van der Waals surface area (Å²) in [5, 5.41) is 1.03. The summed E-state index contributed by atoms with van der Waals surface area (Å²) in [4.78, 5) is 21.8. The quantitative estimate of drug-likeness (QED) is 0.600. The van der Waals surface area contributed by atoms with Gasteiger partial charge in [0.2, 0.25) is 5.91 Å². The lowest BCUT2D eigenvalue weighted by Crippen LogP contribution is -2.42. The van der Waals surface area contributed by atoms with Gasteiger partial charge in [0.25, 0.3) is 0 Å². The van der Waals surface area contributed by atoms with Gasteiger partial charge in [0.05, 0.1) is 37.0 Å². The fourth-order valence-electron chi connectivity index (χ4n) is 3.80. The number of para-hydroxylation sites is 1. The van der Waals surface area contributed by atoms with E-state index in [0.717, 1.165) is 28.3 Å². The summed E-state index contributed by atoms with van der Waals surface area (Å²) < 4.78 is 12.0. The number of fused-ring (bicyclic) bond motifs is 2. The number of aromatic nitrogens is 1. The molecule has 0 fully saturated rings. The highest BCUT2D eigenvalue weighted by Crippen LogP contribution is 2.33. The van der Waals surface area contributed by atoms with Crippen molar-refractivity contribution in [2.45, 2.75) is 25.9 Å². The number of ether oxygens (including phenoxy) is 2. The molecule has 3 aromatic rings. The van der Waals surface area contributed by atoms with Gasteiger partial charge in [-0.05, 0) is 55.8 Å². The molecule has 1 aromatic heterocycles. The van der Waals surface area contributed by atoms with E-state index >= 15 is 0 Å². The molecule has 0 saturated heterocycles. The second kappa shape index (κ2) is 8.62. The third kappa shape index (κ3) is 4.00. The molecule has 1 aliphatic heterocycles. The van der Waals surface area contributed by atoms with E-state index in [1.165, 1.54) is 10.3 Å². The van der Waals surface area contributed by atoms with Crippen LogP contribution in [0.15, 0.2) is 36.4 Å². The molecule has 0 aliphatic carbocycles. The Kier molecular flexibility index (Phi) is 5.92. The van der Waals surface area contributed by atoms with Gasteiger partial charge in [-0.2, -0.15) is 0 Å². The zero-order chi connectivity index (χ0) is 21.3. The summed E-state index contributed by atoms with van der Waals surface area (Å²) in [5.74, 6) is 1.57. The molecular formula is C23H27N3O3S. The zero-order valence-corrected chi connectivity index (χ0v) is 18.7. The van der Waals surface area contributed by atoms with Gasteiger partial charge in [-0.15, -0.1) is 11.3 Å². The van der Waals surface area contributed by atoms with E-state index in [1.54, 1.807) is 25.6 Å². The van der Waals surface area contributed by atoms with Gasteiger partial charge in [0, 0.05) is 13.1 Å². The molecule has 4 rings (SSSR count). The van der Waals surface area contributed by atoms with Crippen LogP contribution in [0.25, 0.3) is 10.2 Å². The number of amides is 1. The van der Waals surface area contributed by atoms with E-state index in [2.05, 4.69) is 17.9 Å². The number of likely N-dealkylation sites (N-methyl/N-ethyl adjacent to an activating group) is 1. The summed E-state index contributed by atoms with van der Waals surface area (Å²) >= 11 is 1.69. The molecule has 0 spiro atoms. The summed E-state index contributed by atoms with van der Waals surface area (Å²) in [7, 11) is 5.26. The predicted octanol–water partition coefficient (Wildman–Crippen LogP) is 3.89. The van der Waals surface area contributed by atoms with Crippen LogP contribution in [0.5, 0.6) is 11.5 Å². The molecule has 7 heteroatoms. The fraction of sp³-hybridized carbons (Fsp3) is 0.391. The Hall–Kier alpha value is -2.64. The number of nitrogens with zero attached hydrogens (tertiary/aromatic N) is 3. The minimum atomic E-state index is 0.0767. The number of carbonyl (C=O) groups is 1. The summed E-state index contributed by atoms with van der Waals surface area (Å²) in [6.45, 7) is 3.77. The lowest BCUT2D eigenvalue weighted by atomic mass is 9.98. The number of benzene rings is 2. The summed E-state index contributed by atoms with van der Waals surface area (Å²) in [6, 6.07) is 12.2. The highest BCUT2D eigenvalue weighted by molar-refractivity contribution is 7.18. The highest BCUT2D eigenvalue weighted by atomic mass is 32.1. The van der Waals surface area contributed by atoms with Crippen molar-refractivity contribution in [3.8, 4) is 11.5 Å². The number of hydrogen-bond donors (Lipinski definition) is 0. The predicted molar refractivity (Wildman–Crippen MR) is 119 cm³/mol. The molecule has 0 N–H and O–H groups in total. The lowest BCUT2D eigenvalue weighted by molar-refractivity contribution is -0.133. The van der Waals surface area contributed by atoms with Crippen LogP contribution in [0.2, 0.25) is 0 Å². The maximum atomic E-state index is 13.0. The van der Waals surface area contributed by atoms with Gasteiger partial charge in [-0.25, -0.2) is 4.98 Å². The Labute approximate surface area is 181 Å². The van der Waals surface area contributed by atoms with Crippen LogP contribution < -0.4 is 9.47 Å². The summed E-state index contributed by atoms with van der Waals surface area (Å²) in [6.07, 6.45) is 0.818. The van der Waals surface area contributed by atoms with Crippen molar-refractivity contribution in [2.24, 2.45) is 0 Å². The molecule has 30 heavy (non-hydrogen) atoms. The van der Waals surface area contributed by atoms with E-state index in [-0.39, 0.29) is 11.9 Å². The zero-order valence-electron chi connectivity index (χ0n) is 17.8. The van der Waals surface area contributed by atoms with Crippen molar-refractivity contribution in [3.63, 3.8) is 0 Å². The van der Waals surface area contributed by atoms with Crippen molar-refractivity contribution in [3.05, 3.63) is 52.5 Å². The van der Waals surface area contributed by atoms with Gasteiger partial charge in [0.1, 0.15) is 5.01 Å². The molecule has 1 atom stereocenters. The van der Waals surface area contributed by atoms with Gasteiger partial charge >= 0.3 is 0 Å². The number of rotatable bonds is 6. The average molecular weight is 426 g/mol. The number of methoxy groups -OCH3 is 2. The van der Waals surface area contributed by atoms with Gasteiger partial charge in [-0.3, -0.25) is 9.69 Å². The lowest BCUT2D eigenvalue weighted by Gasteiger charge is -2.32. The van der Waals surface area contributed by atoms with Crippen LogP contribution in [0.1, 0.15) is 29.1 Å². The van der Waals surface area contributed by atoms with E-state index in [4.69, 9.17) is 14.5 Å². The van der Waals surface area contributed by atoms with Crippen LogP contribution in [-0.4, -0.2) is 55.0 Å². The van der Waals surface area contributed by atoms with Crippen molar-refractivity contribution in [2.75, 3.05) is 34.4 Å². The molecule has 158 valence electrons. The molecule has 0 bridgehead atoms. The first-order chi connectivity index (χ1) is 14.5. The minimum Gasteiger partial charge on any atom is -0.493 e. The van der Waals surface area contributed by atoms with Crippen LogP contribution >= 0.6 is 11.3 Å². The Morgan fingerprint density at radius 2 is 1.90 bits per heavy atom. The second-order valence-electron chi connectivity index (χ2n) is 7.65. The van der Waals surface area contributed by atoms with Crippen molar-refractivity contribution in [1.82, 2.24) is 14.8 Å². The molecule has 0 unspecified atom stereocenters. The molecular weight excluding hydrogens is 398 g/mol. The van der Waals surface area contributed by atoms with Crippen molar-refractivity contribution in [1.29, 1.82) is 0 Å². The Morgan fingerprint density at radius 1 is 1.20 bits per heavy atom. The van der Waals surface area contributed by atoms with E-state index < -0.39 is 0 Å². The standard InChI is InChI=1S/C23H27N3O3S/c1-15(23-24-18-7-5-6-8-21(18)30-23)25(2)14-22(27)26-10-9-16-11-19(28-3)20(29-4)12-17(16)13-26/h5-8,11-12,15H,9-10,13-14H2,1-4H3/t15-/m0/s1. The van der Waals surface area contributed by atoms with E-state index in [9.17, 15) is 4.79 Å². The van der Waals surface area contributed by atoms with Crippen molar-refractivity contribution < 1.29 is 14.3 Å². The monoisotopic (exact) mass is 425 g/mol. The van der Waals surface area contributed by atoms with Gasteiger partial charge < -0.3 is 14.4 Å². The molecule has 1 amide bonds. The molecule has 6 nitrogen and oxygen atoms in total. The third-order valence-corrected chi connectivity index (χ3v) is 6.99. The van der Waals surface area contributed by atoms with Crippen LogP contribution in [0.3, 0.4) is 0 Å². The van der Waals surface area contributed by atoms with Crippen LogP contribution in [0.4, 0.5) is 0 Å². The maximum Gasteiger partial charge on any atom is 0.237 e. The molecule has 0 radical (unpaired) electrons. The first-order valence-corrected chi connectivity index (χ1v) is 10.9. The highest BCUT2D eigenvalue weighted by Gasteiger charge is 2.25. The molecule has 0 saturated carbocycles. The molecule has 1 aliphatic rings. The number of hydrogen-bond acceptors (Lipinski definition) is 6. The van der Waals surface area contributed by atoms with Crippen LogP contribution in [-0.2, 0) is 17.8 Å². The SMILES string of the molecule is COc1cc2c(cc1OC)CN(C(=O)CN(C)[C@@H](C)c1nc3ccccc3s1)CC2. The van der Waals surface area contributed by atoms with Crippen molar-refractivity contribution >= 4 is 27.5 Å². The van der Waals surface area contributed by atoms with Gasteiger partial charge in [0.15, 0.2) is 11.5 Å². The summed E-state index contributed by atoms with van der Waals surface area (Å²) in [5.41, 5.74) is 3.35. The number of carbonyl (C=O) groups excluding carboxylic acids is 1. The third-order valence-electron chi connectivity index (χ3n) is 5.78. The second-order valence-corrected chi connectivity index (χ2v) is 8.71. The van der Waals surface area contributed by atoms with Crippen LogP contribution in [0, 0.1) is 0 Å². The Morgan fingerprint density at radius 3 is 2.60 bits per heavy atom. The number of thiazole rings is 1. The van der Waals surface area contributed by atoms with E-state index in [0.29, 0.717) is 25.4 Å². The van der Waals surface area contributed by atoms with Gasteiger partial charge in [-0.1, -0.05) is 12.1 Å². The van der Waals surface area contributed by atoms with E-state index in [1.807, 2.05) is 42.3 Å².